The van der Waals surface area contributed by atoms with Crippen molar-refractivity contribution >= 4 is 11.8 Å². The monoisotopic (exact) mass is 171 g/mol. The molecule has 2 unspecified atom stereocenters. The molecular formula is C9H17NS. The summed E-state index contributed by atoms with van der Waals surface area (Å²) in [4.78, 5) is 0.437. The summed E-state index contributed by atoms with van der Waals surface area (Å²) in [5.41, 5.74) is 0. The predicted molar refractivity (Wildman–Crippen MR) is 50.8 cm³/mol. The van der Waals surface area contributed by atoms with Crippen LogP contribution < -0.4 is 5.32 Å². The average Bonchev–Trinajstić information content (AvgIpc) is 2.77. The van der Waals surface area contributed by atoms with Crippen LogP contribution in [0.5, 0.6) is 0 Å². The van der Waals surface area contributed by atoms with Crippen LogP contribution in [0.25, 0.3) is 0 Å². The van der Waals surface area contributed by atoms with Gasteiger partial charge in [0.25, 0.3) is 0 Å². The van der Waals surface area contributed by atoms with Crippen LogP contribution in [-0.2, 0) is 0 Å². The molecule has 2 atom stereocenters. The van der Waals surface area contributed by atoms with Crippen molar-refractivity contribution in [3.8, 4) is 0 Å². The smallest absolute Gasteiger partial charge is 0.0645 e. The van der Waals surface area contributed by atoms with E-state index in [1.165, 1.54) is 25.1 Å². The third-order valence-electron chi connectivity index (χ3n) is 2.83. The molecule has 1 nitrogen and oxygen atoms in total. The van der Waals surface area contributed by atoms with Crippen molar-refractivity contribution in [2.45, 2.75) is 31.6 Å². The Balaban J connectivity index is 1.93. The molecule has 0 aromatic carbocycles. The minimum atomic E-state index is 0.437. The molecule has 0 spiro atoms. The number of thioether (sulfide) groups is 1. The lowest BCUT2D eigenvalue weighted by Crippen LogP contribution is -2.48. The first-order valence-corrected chi connectivity index (χ1v) is 5.58. The van der Waals surface area contributed by atoms with Crippen LogP contribution in [0.2, 0.25) is 0 Å². The summed E-state index contributed by atoms with van der Waals surface area (Å²) in [5.74, 6) is 3.19. The Bertz CT molecular complexity index is 146. The van der Waals surface area contributed by atoms with E-state index in [-0.39, 0.29) is 0 Å². The molecule has 1 saturated carbocycles. The molecule has 1 aliphatic carbocycles. The Hall–Kier alpha value is 0.310. The van der Waals surface area contributed by atoms with E-state index in [0.717, 1.165) is 11.8 Å². The summed E-state index contributed by atoms with van der Waals surface area (Å²) in [6.45, 7) is 5.92. The Morgan fingerprint density at radius 2 is 2.18 bits per heavy atom. The van der Waals surface area contributed by atoms with E-state index >= 15 is 0 Å². The maximum atomic E-state index is 3.67. The third kappa shape index (κ3) is 1.57. The van der Waals surface area contributed by atoms with Crippen LogP contribution in [0.1, 0.15) is 26.7 Å². The first-order chi connectivity index (χ1) is 5.21. The van der Waals surface area contributed by atoms with Crippen molar-refractivity contribution in [1.29, 1.82) is 0 Å². The molecule has 0 amide bonds. The van der Waals surface area contributed by atoms with E-state index in [9.17, 15) is 0 Å². The molecule has 1 N–H and O–H groups in total. The summed E-state index contributed by atoms with van der Waals surface area (Å²) in [5, 5.41) is 3.67. The Labute approximate surface area is 73.3 Å². The molecule has 64 valence electrons. The highest BCUT2D eigenvalue weighted by atomic mass is 32.2. The zero-order valence-corrected chi connectivity index (χ0v) is 8.21. The highest BCUT2D eigenvalue weighted by molar-refractivity contribution is 8.00. The van der Waals surface area contributed by atoms with Gasteiger partial charge in [0.2, 0.25) is 0 Å². The van der Waals surface area contributed by atoms with Gasteiger partial charge < -0.3 is 5.32 Å². The molecule has 2 fully saturated rings. The molecule has 2 rings (SSSR count). The zero-order valence-electron chi connectivity index (χ0n) is 7.39. The summed E-state index contributed by atoms with van der Waals surface area (Å²) in [6.07, 6.45) is 2.90. The maximum absolute atomic E-state index is 3.67. The lowest BCUT2D eigenvalue weighted by molar-refractivity contribution is 0.397. The van der Waals surface area contributed by atoms with E-state index in [1.807, 2.05) is 0 Å². The fraction of sp³-hybridized carbons (Fsp3) is 1.00. The number of hydrogen-bond acceptors (Lipinski definition) is 2. The molecule has 1 aliphatic heterocycles. The van der Waals surface area contributed by atoms with Crippen LogP contribution in [-0.4, -0.2) is 17.2 Å². The van der Waals surface area contributed by atoms with Gasteiger partial charge in [0.1, 0.15) is 0 Å². The van der Waals surface area contributed by atoms with E-state index < -0.39 is 0 Å². The summed E-state index contributed by atoms with van der Waals surface area (Å²) >= 11 is 2.13. The van der Waals surface area contributed by atoms with E-state index in [0.29, 0.717) is 4.87 Å². The molecule has 0 aromatic heterocycles. The number of nitrogens with one attached hydrogen (secondary N) is 1. The largest absolute Gasteiger partial charge is 0.303 e. The minimum absolute atomic E-state index is 0.437. The van der Waals surface area contributed by atoms with Gasteiger partial charge in [-0.3, -0.25) is 0 Å². The summed E-state index contributed by atoms with van der Waals surface area (Å²) in [6, 6.07) is 0. The predicted octanol–water partition coefficient (Wildman–Crippen LogP) is 2.09. The first-order valence-electron chi connectivity index (χ1n) is 4.60. The van der Waals surface area contributed by atoms with Gasteiger partial charge >= 0.3 is 0 Å². The van der Waals surface area contributed by atoms with Gasteiger partial charge in [-0.05, 0) is 43.9 Å². The Kier molecular flexibility index (Phi) is 1.92. The van der Waals surface area contributed by atoms with Crippen LogP contribution in [0.15, 0.2) is 0 Å². The summed E-state index contributed by atoms with van der Waals surface area (Å²) in [7, 11) is 0. The molecule has 0 bridgehead atoms. The quantitative estimate of drug-likeness (QED) is 0.648. The first kappa shape index (κ1) is 7.93. The minimum Gasteiger partial charge on any atom is -0.303 e. The Morgan fingerprint density at radius 3 is 2.64 bits per heavy atom. The lowest BCUT2D eigenvalue weighted by atomic mass is 10.1. The Morgan fingerprint density at radius 1 is 1.45 bits per heavy atom. The van der Waals surface area contributed by atoms with Crippen molar-refractivity contribution < 1.29 is 0 Å². The standard InChI is InChI=1S/C9H17NS/c1-7-5-10-9(2,11-6-7)8-3-4-8/h7-8,10H,3-6H2,1-2H3. The third-order valence-corrected chi connectivity index (χ3v) is 4.64. The van der Waals surface area contributed by atoms with Crippen molar-refractivity contribution in [3.63, 3.8) is 0 Å². The van der Waals surface area contributed by atoms with Gasteiger partial charge in [0.05, 0.1) is 4.87 Å². The number of hydrogen-bond donors (Lipinski definition) is 1. The lowest BCUT2D eigenvalue weighted by Gasteiger charge is -2.37. The van der Waals surface area contributed by atoms with Gasteiger partial charge in [-0.25, -0.2) is 0 Å². The normalized spacial score (nSPS) is 45.8. The average molecular weight is 171 g/mol. The molecule has 2 heteroatoms. The SMILES string of the molecule is CC1CNC(C)(C2CC2)SC1. The second kappa shape index (κ2) is 2.67. The molecule has 1 saturated heterocycles. The van der Waals surface area contributed by atoms with Gasteiger partial charge in [0, 0.05) is 0 Å². The maximum Gasteiger partial charge on any atom is 0.0645 e. The van der Waals surface area contributed by atoms with E-state index in [4.69, 9.17) is 0 Å². The number of rotatable bonds is 1. The van der Waals surface area contributed by atoms with Gasteiger partial charge in [0.15, 0.2) is 0 Å². The van der Waals surface area contributed by atoms with Crippen LogP contribution in [0, 0.1) is 11.8 Å². The van der Waals surface area contributed by atoms with E-state index in [2.05, 4.69) is 30.9 Å². The van der Waals surface area contributed by atoms with Crippen molar-refractivity contribution in [2.75, 3.05) is 12.3 Å². The zero-order chi connectivity index (χ0) is 7.90. The van der Waals surface area contributed by atoms with Crippen LogP contribution >= 0.6 is 11.8 Å². The highest BCUT2D eigenvalue weighted by Gasteiger charge is 2.43. The molecule has 1 heterocycles. The highest BCUT2D eigenvalue weighted by Crippen LogP contribution is 2.47. The topological polar surface area (TPSA) is 12.0 Å². The van der Waals surface area contributed by atoms with E-state index in [1.54, 1.807) is 0 Å². The van der Waals surface area contributed by atoms with Gasteiger partial charge in [-0.15, -0.1) is 11.8 Å². The van der Waals surface area contributed by atoms with Gasteiger partial charge in [-0.2, -0.15) is 0 Å². The molecule has 2 aliphatic rings. The van der Waals surface area contributed by atoms with Crippen LogP contribution in [0.3, 0.4) is 0 Å². The van der Waals surface area contributed by atoms with Crippen molar-refractivity contribution in [2.24, 2.45) is 11.8 Å². The second-order valence-corrected chi connectivity index (χ2v) is 5.65. The van der Waals surface area contributed by atoms with Gasteiger partial charge in [-0.1, -0.05) is 6.92 Å². The van der Waals surface area contributed by atoms with Crippen LogP contribution in [0.4, 0.5) is 0 Å². The molecule has 11 heavy (non-hydrogen) atoms. The molecular weight excluding hydrogens is 154 g/mol. The summed E-state index contributed by atoms with van der Waals surface area (Å²) < 4.78 is 0. The van der Waals surface area contributed by atoms with Crippen molar-refractivity contribution in [3.05, 3.63) is 0 Å². The molecule has 0 aromatic rings. The molecule has 0 radical (unpaired) electrons. The second-order valence-electron chi connectivity index (χ2n) is 4.18. The fourth-order valence-corrected chi connectivity index (χ4v) is 3.10. The van der Waals surface area contributed by atoms with Crippen molar-refractivity contribution in [1.82, 2.24) is 5.32 Å². The fourth-order valence-electron chi connectivity index (χ4n) is 1.70.